The summed E-state index contributed by atoms with van der Waals surface area (Å²) in [5.74, 6) is -2.57. The lowest BCUT2D eigenvalue weighted by atomic mass is 10.2. The number of thioether (sulfide) groups is 1. The second-order valence-corrected chi connectivity index (χ2v) is 5.85. The lowest BCUT2D eigenvalue weighted by Gasteiger charge is -2.06. The Morgan fingerprint density at radius 1 is 1.25 bits per heavy atom. The van der Waals surface area contributed by atoms with Crippen molar-refractivity contribution in [3.8, 4) is 0 Å². The fraction of sp³-hybridized carbons (Fsp3) is 0.0714. The molecule has 2 nitrogen and oxygen atoms in total. The van der Waals surface area contributed by atoms with Crippen LogP contribution in [0.5, 0.6) is 0 Å². The van der Waals surface area contributed by atoms with Crippen molar-refractivity contribution >= 4 is 33.7 Å². The molecule has 0 aliphatic heterocycles. The summed E-state index contributed by atoms with van der Waals surface area (Å²) in [6.07, 6.45) is 0. The van der Waals surface area contributed by atoms with E-state index >= 15 is 0 Å². The van der Waals surface area contributed by atoms with Crippen molar-refractivity contribution in [3.05, 3.63) is 63.6 Å². The van der Waals surface area contributed by atoms with Gasteiger partial charge in [-0.2, -0.15) is 0 Å². The fourth-order valence-electron chi connectivity index (χ4n) is 1.58. The predicted molar refractivity (Wildman–Crippen MR) is 77.0 cm³/mol. The van der Waals surface area contributed by atoms with Gasteiger partial charge in [0, 0.05) is 20.7 Å². The molecule has 0 atom stereocenters. The number of carbonyl (C=O) groups is 1. The van der Waals surface area contributed by atoms with Gasteiger partial charge < -0.3 is 5.11 Å². The quantitative estimate of drug-likeness (QED) is 0.803. The van der Waals surface area contributed by atoms with Crippen LogP contribution in [0.1, 0.15) is 15.9 Å². The van der Waals surface area contributed by atoms with Gasteiger partial charge in [0.2, 0.25) is 0 Å². The van der Waals surface area contributed by atoms with Crippen molar-refractivity contribution in [2.24, 2.45) is 0 Å². The van der Waals surface area contributed by atoms with Crippen molar-refractivity contribution < 1.29 is 18.7 Å². The Balaban J connectivity index is 2.17. The van der Waals surface area contributed by atoms with Gasteiger partial charge in [-0.05, 0) is 40.2 Å². The first-order valence-electron chi connectivity index (χ1n) is 5.57. The van der Waals surface area contributed by atoms with Crippen LogP contribution in [0.25, 0.3) is 0 Å². The lowest BCUT2D eigenvalue weighted by Crippen LogP contribution is -1.98. The van der Waals surface area contributed by atoms with Gasteiger partial charge in [0.1, 0.15) is 0 Å². The molecule has 0 bridgehead atoms. The van der Waals surface area contributed by atoms with Crippen LogP contribution in [-0.2, 0) is 5.75 Å². The molecule has 0 saturated heterocycles. The maximum atomic E-state index is 13.5. The minimum Gasteiger partial charge on any atom is -0.478 e. The van der Waals surface area contributed by atoms with E-state index in [0.717, 1.165) is 6.07 Å². The molecule has 0 heterocycles. The molecule has 0 aliphatic carbocycles. The van der Waals surface area contributed by atoms with E-state index in [4.69, 9.17) is 5.11 Å². The largest absolute Gasteiger partial charge is 0.478 e. The highest BCUT2D eigenvalue weighted by molar-refractivity contribution is 9.10. The van der Waals surface area contributed by atoms with Gasteiger partial charge in [0.05, 0.1) is 5.56 Å². The number of benzene rings is 2. The van der Waals surface area contributed by atoms with Gasteiger partial charge in [-0.1, -0.05) is 12.1 Å². The molecule has 1 N–H and O–H groups in total. The molecule has 6 heteroatoms. The number of aromatic carboxylic acids is 1. The molecule has 0 aliphatic rings. The van der Waals surface area contributed by atoms with Gasteiger partial charge >= 0.3 is 5.97 Å². The summed E-state index contributed by atoms with van der Waals surface area (Å²) < 4.78 is 27.0. The smallest absolute Gasteiger partial charge is 0.336 e. The molecule has 0 spiro atoms. The van der Waals surface area contributed by atoms with Crippen molar-refractivity contribution in [2.45, 2.75) is 10.6 Å². The van der Waals surface area contributed by atoms with Gasteiger partial charge in [-0.25, -0.2) is 13.6 Å². The Labute approximate surface area is 126 Å². The Kier molecular flexibility index (Phi) is 4.77. The second-order valence-electron chi connectivity index (χ2n) is 3.95. The van der Waals surface area contributed by atoms with Crippen molar-refractivity contribution in [1.82, 2.24) is 0 Å². The molecule has 20 heavy (non-hydrogen) atoms. The molecule has 0 amide bonds. The molecule has 2 aromatic rings. The first-order valence-corrected chi connectivity index (χ1v) is 7.35. The van der Waals surface area contributed by atoms with Crippen LogP contribution in [0.4, 0.5) is 8.78 Å². The van der Waals surface area contributed by atoms with Gasteiger partial charge in [-0.15, -0.1) is 11.8 Å². The Bertz CT molecular complexity index is 662. The fourth-order valence-corrected chi connectivity index (χ4v) is 2.91. The molecular weight excluding hydrogens is 350 g/mol. The van der Waals surface area contributed by atoms with E-state index in [2.05, 4.69) is 15.9 Å². The molecule has 0 radical (unpaired) electrons. The number of halogens is 3. The Hall–Kier alpha value is -1.40. The van der Waals surface area contributed by atoms with E-state index in [-0.39, 0.29) is 16.9 Å². The highest BCUT2D eigenvalue weighted by Crippen LogP contribution is 2.28. The van der Waals surface area contributed by atoms with E-state index in [1.165, 1.54) is 30.0 Å². The third-order valence-corrected chi connectivity index (χ3v) is 4.33. The number of hydrogen-bond acceptors (Lipinski definition) is 2. The third kappa shape index (κ3) is 3.37. The van der Waals surface area contributed by atoms with Crippen LogP contribution in [0.2, 0.25) is 0 Å². The van der Waals surface area contributed by atoms with E-state index in [1.54, 1.807) is 12.1 Å². The van der Waals surface area contributed by atoms with Crippen LogP contribution in [-0.4, -0.2) is 11.1 Å². The van der Waals surface area contributed by atoms with Gasteiger partial charge in [0.25, 0.3) is 0 Å². The second kappa shape index (κ2) is 6.37. The van der Waals surface area contributed by atoms with Crippen LogP contribution >= 0.6 is 27.7 Å². The molecule has 2 rings (SSSR count). The molecule has 0 fully saturated rings. The minimum absolute atomic E-state index is 0.134. The summed E-state index contributed by atoms with van der Waals surface area (Å²) in [4.78, 5) is 11.7. The molecule has 0 saturated carbocycles. The standard InChI is InChI=1S/C14H9BrF2O2S/c15-11-5-4-9(6-10(11)14(18)19)20-7-8-2-1-3-12(16)13(8)17/h1-6H,7H2,(H,18,19). The third-order valence-electron chi connectivity index (χ3n) is 2.59. The van der Waals surface area contributed by atoms with Gasteiger partial charge in [0.15, 0.2) is 11.6 Å². The van der Waals surface area contributed by atoms with Crippen LogP contribution in [0, 0.1) is 11.6 Å². The number of carboxylic acid groups (broad SMARTS) is 1. The first-order chi connectivity index (χ1) is 9.49. The first kappa shape index (κ1) is 15.0. The maximum Gasteiger partial charge on any atom is 0.336 e. The number of carboxylic acids is 1. The summed E-state index contributed by atoms with van der Waals surface area (Å²) in [7, 11) is 0. The number of hydrogen-bond donors (Lipinski definition) is 1. The van der Waals surface area contributed by atoms with Crippen molar-refractivity contribution in [1.29, 1.82) is 0 Å². The van der Waals surface area contributed by atoms with E-state index in [0.29, 0.717) is 9.37 Å². The number of rotatable bonds is 4. The zero-order chi connectivity index (χ0) is 14.7. The van der Waals surface area contributed by atoms with E-state index in [1.807, 2.05) is 0 Å². The molecule has 2 aromatic carbocycles. The van der Waals surface area contributed by atoms with Crippen molar-refractivity contribution in [3.63, 3.8) is 0 Å². The summed E-state index contributed by atoms with van der Waals surface area (Å²) in [5, 5.41) is 9.01. The molecule has 0 aromatic heterocycles. The summed E-state index contributed by atoms with van der Waals surface area (Å²) in [6.45, 7) is 0. The van der Waals surface area contributed by atoms with E-state index in [9.17, 15) is 13.6 Å². The summed E-state index contributed by atoms with van der Waals surface area (Å²) in [5.41, 5.74) is 0.379. The van der Waals surface area contributed by atoms with Gasteiger partial charge in [-0.3, -0.25) is 0 Å². The average Bonchev–Trinajstić information content (AvgIpc) is 2.41. The summed E-state index contributed by atoms with van der Waals surface area (Å²) in [6, 6.07) is 8.84. The zero-order valence-electron chi connectivity index (χ0n) is 10.1. The highest BCUT2D eigenvalue weighted by atomic mass is 79.9. The zero-order valence-corrected chi connectivity index (χ0v) is 12.5. The highest BCUT2D eigenvalue weighted by Gasteiger charge is 2.11. The molecular formula is C14H9BrF2O2S. The molecule has 104 valence electrons. The van der Waals surface area contributed by atoms with Crippen LogP contribution in [0.3, 0.4) is 0 Å². The lowest BCUT2D eigenvalue weighted by molar-refractivity contribution is 0.0695. The Morgan fingerprint density at radius 2 is 2.00 bits per heavy atom. The minimum atomic E-state index is -1.05. The maximum absolute atomic E-state index is 13.5. The normalized spacial score (nSPS) is 10.6. The van der Waals surface area contributed by atoms with E-state index < -0.39 is 17.6 Å². The molecule has 0 unspecified atom stereocenters. The van der Waals surface area contributed by atoms with Crippen LogP contribution in [0.15, 0.2) is 45.8 Å². The average molecular weight is 359 g/mol. The monoisotopic (exact) mass is 358 g/mol. The topological polar surface area (TPSA) is 37.3 Å². The van der Waals surface area contributed by atoms with Crippen LogP contribution < -0.4 is 0 Å². The summed E-state index contributed by atoms with van der Waals surface area (Å²) >= 11 is 4.39. The predicted octanol–water partition coefficient (Wildman–Crippen LogP) is 4.72. The van der Waals surface area contributed by atoms with Crippen molar-refractivity contribution in [2.75, 3.05) is 0 Å². The Morgan fingerprint density at radius 3 is 2.70 bits per heavy atom. The SMILES string of the molecule is O=C(O)c1cc(SCc2cccc(F)c2F)ccc1Br.